The second-order valence-corrected chi connectivity index (χ2v) is 2.49. The largest absolute Gasteiger partial charge is 0.388 e. The lowest BCUT2D eigenvalue weighted by molar-refractivity contribution is -0.0638. The maximum atomic E-state index is 12.5. The number of aliphatic hydroxyl groups excluding tert-OH is 1. The Morgan fingerprint density at radius 1 is 1.70 bits per heavy atom. The normalized spacial score (nSPS) is 49.2. The van der Waals surface area contributed by atoms with Crippen molar-refractivity contribution in [2.24, 2.45) is 5.73 Å². The van der Waals surface area contributed by atoms with Crippen LogP contribution < -0.4 is 5.73 Å². The van der Waals surface area contributed by atoms with Gasteiger partial charge in [-0.3, -0.25) is 0 Å². The van der Waals surface area contributed by atoms with E-state index in [-0.39, 0.29) is 6.10 Å². The molecule has 0 unspecified atom stereocenters. The van der Waals surface area contributed by atoms with E-state index in [0.717, 1.165) is 6.61 Å². The van der Waals surface area contributed by atoms with E-state index in [1.54, 1.807) is 6.92 Å². The SMILES string of the molecule is C[C@H]1O[CH][C@@H](F)[C@@H](O)[C@@H]1N. The maximum absolute atomic E-state index is 12.5. The maximum Gasteiger partial charge on any atom is 0.156 e. The highest BCUT2D eigenvalue weighted by Crippen LogP contribution is 2.18. The Morgan fingerprint density at radius 2 is 2.30 bits per heavy atom. The lowest BCUT2D eigenvalue weighted by Gasteiger charge is -2.32. The van der Waals surface area contributed by atoms with Gasteiger partial charge in [-0.15, -0.1) is 0 Å². The lowest BCUT2D eigenvalue weighted by atomic mass is 10.0. The molecule has 1 rings (SSSR count). The molecule has 0 aliphatic carbocycles. The predicted molar refractivity (Wildman–Crippen MR) is 33.7 cm³/mol. The van der Waals surface area contributed by atoms with Crippen molar-refractivity contribution in [3.05, 3.63) is 6.61 Å². The Morgan fingerprint density at radius 3 is 2.80 bits per heavy atom. The third kappa shape index (κ3) is 1.28. The highest BCUT2D eigenvalue weighted by Gasteiger charge is 2.35. The Hall–Kier alpha value is -0.190. The Kier molecular flexibility index (Phi) is 2.23. The minimum absolute atomic E-state index is 0.304. The molecule has 1 heterocycles. The molecule has 3 nitrogen and oxygen atoms in total. The standard InChI is InChI=1S/C6H11FNO2/c1-3-5(8)6(9)4(7)2-10-3/h2-6,9H,8H2,1H3/t3-,4-,5-,6-/m1/s1. The molecule has 59 valence electrons. The van der Waals surface area contributed by atoms with E-state index in [9.17, 15) is 4.39 Å². The summed E-state index contributed by atoms with van der Waals surface area (Å²) in [5.41, 5.74) is 5.38. The zero-order valence-electron chi connectivity index (χ0n) is 5.70. The number of aliphatic hydroxyl groups is 1. The number of alkyl halides is 1. The molecule has 0 aromatic heterocycles. The number of hydrogen-bond donors (Lipinski definition) is 2. The Balaban J connectivity index is 2.52. The summed E-state index contributed by atoms with van der Waals surface area (Å²) in [5.74, 6) is 0. The van der Waals surface area contributed by atoms with E-state index >= 15 is 0 Å². The molecule has 3 N–H and O–H groups in total. The van der Waals surface area contributed by atoms with Crippen LogP contribution in [-0.4, -0.2) is 29.5 Å². The third-order valence-electron chi connectivity index (χ3n) is 1.69. The summed E-state index contributed by atoms with van der Waals surface area (Å²) < 4.78 is 17.3. The zero-order chi connectivity index (χ0) is 7.72. The highest BCUT2D eigenvalue weighted by molar-refractivity contribution is 4.92. The van der Waals surface area contributed by atoms with E-state index in [1.807, 2.05) is 0 Å². The summed E-state index contributed by atoms with van der Waals surface area (Å²) in [6.07, 6.45) is -2.88. The molecule has 1 aliphatic rings. The molecule has 0 spiro atoms. The molecule has 4 atom stereocenters. The molecule has 1 fully saturated rings. The predicted octanol–water partition coefficient (Wildman–Crippen LogP) is -0.407. The molecular formula is C6H11FNO2. The smallest absolute Gasteiger partial charge is 0.156 e. The monoisotopic (exact) mass is 148 g/mol. The minimum Gasteiger partial charge on any atom is -0.388 e. The first-order valence-corrected chi connectivity index (χ1v) is 3.19. The molecule has 4 heteroatoms. The fraction of sp³-hybridized carbons (Fsp3) is 0.833. The van der Waals surface area contributed by atoms with E-state index in [2.05, 4.69) is 0 Å². The summed E-state index contributed by atoms with van der Waals surface area (Å²) in [6, 6.07) is -0.625. The van der Waals surface area contributed by atoms with Crippen LogP contribution in [0.25, 0.3) is 0 Å². The van der Waals surface area contributed by atoms with Crippen LogP contribution in [0.5, 0.6) is 0 Å². The molecule has 0 bridgehead atoms. The number of ether oxygens (including phenoxy) is 1. The summed E-state index contributed by atoms with van der Waals surface area (Å²) in [5, 5.41) is 9.01. The molecule has 1 saturated heterocycles. The van der Waals surface area contributed by atoms with Crippen molar-refractivity contribution < 1.29 is 14.2 Å². The summed E-state index contributed by atoms with van der Waals surface area (Å²) >= 11 is 0. The van der Waals surface area contributed by atoms with Gasteiger partial charge in [-0.25, -0.2) is 4.39 Å². The summed E-state index contributed by atoms with van der Waals surface area (Å²) in [7, 11) is 0. The van der Waals surface area contributed by atoms with Gasteiger partial charge in [0, 0.05) is 0 Å². The molecule has 0 aromatic carbocycles. The van der Waals surface area contributed by atoms with Crippen LogP contribution in [0.2, 0.25) is 0 Å². The topological polar surface area (TPSA) is 55.5 Å². The molecule has 0 saturated carbocycles. The fourth-order valence-electron chi connectivity index (χ4n) is 0.860. The molecule has 0 amide bonds. The second-order valence-electron chi connectivity index (χ2n) is 2.49. The van der Waals surface area contributed by atoms with Crippen molar-refractivity contribution in [3.8, 4) is 0 Å². The van der Waals surface area contributed by atoms with Crippen molar-refractivity contribution in [2.45, 2.75) is 31.3 Å². The molecule has 1 radical (unpaired) electrons. The molecular weight excluding hydrogens is 137 g/mol. The van der Waals surface area contributed by atoms with Crippen LogP contribution in [0.1, 0.15) is 6.92 Å². The Labute approximate surface area is 59.0 Å². The van der Waals surface area contributed by atoms with Gasteiger partial charge >= 0.3 is 0 Å². The quantitative estimate of drug-likeness (QED) is 0.491. The van der Waals surface area contributed by atoms with Crippen LogP contribution in [0.3, 0.4) is 0 Å². The van der Waals surface area contributed by atoms with E-state index < -0.39 is 18.3 Å². The minimum atomic E-state index is -1.45. The molecule has 0 aromatic rings. The van der Waals surface area contributed by atoms with Crippen molar-refractivity contribution in [1.82, 2.24) is 0 Å². The van der Waals surface area contributed by atoms with E-state index in [0.29, 0.717) is 0 Å². The van der Waals surface area contributed by atoms with Gasteiger partial charge in [-0.2, -0.15) is 0 Å². The van der Waals surface area contributed by atoms with E-state index in [4.69, 9.17) is 15.6 Å². The first kappa shape index (κ1) is 7.91. The number of hydrogen-bond acceptors (Lipinski definition) is 3. The lowest BCUT2D eigenvalue weighted by Crippen LogP contribution is -2.53. The van der Waals surface area contributed by atoms with Crippen molar-refractivity contribution >= 4 is 0 Å². The van der Waals surface area contributed by atoms with Crippen LogP contribution in [0.15, 0.2) is 0 Å². The van der Waals surface area contributed by atoms with Gasteiger partial charge in [-0.05, 0) is 6.92 Å². The number of nitrogens with two attached hydrogens (primary N) is 1. The van der Waals surface area contributed by atoms with Crippen LogP contribution in [0.4, 0.5) is 4.39 Å². The van der Waals surface area contributed by atoms with Gasteiger partial charge in [0.1, 0.15) is 12.7 Å². The highest BCUT2D eigenvalue weighted by atomic mass is 19.1. The first-order valence-electron chi connectivity index (χ1n) is 3.19. The Bertz CT molecular complexity index is 108. The van der Waals surface area contributed by atoms with Gasteiger partial charge in [0.2, 0.25) is 0 Å². The van der Waals surface area contributed by atoms with Crippen LogP contribution >= 0.6 is 0 Å². The third-order valence-corrected chi connectivity index (χ3v) is 1.69. The second kappa shape index (κ2) is 2.82. The molecule has 10 heavy (non-hydrogen) atoms. The first-order chi connectivity index (χ1) is 4.63. The zero-order valence-corrected chi connectivity index (χ0v) is 5.70. The van der Waals surface area contributed by atoms with Gasteiger partial charge in [0.05, 0.1) is 12.1 Å². The van der Waals surface area contributed by atoms with E-state index in [1.165, 1.54) is 0 Å². The molecule has 1 aliphatic heterocycles. The van der Waals surface area contributed by atoms with Gasteiger partial charge in [0.25, 0.3) is 0 Å². The van der Waals surface area contributed by atoms with Crippen LogP contribution in [0, 0.1) is 6.61 Å². The van der Waals surface area contributed by atoms with Crippen molar-refractivity contribution in [2.75, 3.05) is 0 Å². The van der Waals surface area contributed by atoms with Gasteiger partial charge in [-0.1, -0.05) is 0 Å². The average Bonchev–Trinajstić information content (AvgIpc) is 1.93. The summed E-state index contributed by atoms with van der Waals surface area (Å²) in [6.45, 7) is 2.68. The fourth-order valence-corrected chi connectivity index (χ4v) is 0.860. The number of halogens is 1. The number of rotatable bonds is 0. The van der Waals surface area contributed by atoms with Crippen molar-refractivity contribution in [3.63, 3.8) is 0 Å². The summed E-state index contributed by atoms with van der Waals surface area (Å²) in [4.78, 5) is 0. The average molecular weight is 148 g/mol. The van der Waals surface area contributed by atoms with Gasteiger partial charge in [0.15, 0.2) is 6.17 Å². The van der Waals surface area contributed by atoms with Crippen molar-refractivity contribution in [1.29, 1.82) is 0 Å². The van der Waals surface area contributed by atoms with Gasteiger partial charge < -0.3 is 15.6 Å². The van der Waals surface area contributed by atoms with Crippen LogP contribution in [-0.2, 0) is 4.74 Å².